The van der Waals surface area contributed by atoms with E-state index < -0.39 is 0 Å². The molecule has 0 bridgehead atoms. The summed E-state index contributed by atoms with van der Waals surface area (Å²) in [5.41, 5.74) is 8.35. The third-order valence-electron chi connectivity index (χ3n) is 4.48. The highest BCUT2D eigenvalue weighted by atomic mass is 16.4. The minimum Gasteiger partial charge on any atom is -0.444 e. The second-order valence-electron chi connectivity index (χ2n) is 5.96. The molecule has 2 heterocycles. The van der Waals surface area contributed by atoms with Gasteiger partial charge in [-0.05, 0) is 31.9 Å². The Hall–Kier alpha value is -1.65. The molecule has 2 atom stereocenters. The molecule has 21 heavy (non-hydrogen) atoms. The molecular weight excluding hydrogens is 262 g/mol. The Balaban J connectivity index is 1.72. The Bertz CT molecular complexity index is 574. The Labute approximate surface area is 126 Å². The minimum absolute atomic E-state index is 0.504. The number of aromatic nitrogens is 1. The summed E-state index contributed by atoms with van der Waals surface area (Å²) in [6, 6.07) is 10.7. The first kappa shape index (κ1) is 14.3. The summed E-state index contributed by atoms with van der Waals surface area (Å²) < 4.78 is 5.70. The lowest BCUT2D eigenvalue weighted by Crippen LogP contribution is -2.23. The van der Waals surface area contributed by atoms with Crippen molar-refractivity contribution in [2.24, 2.45) is 11.7 Å². The largest absolute Gasteiger partial charge is 0.444 e. The van der Waals surface area contributed by atoms with E-state index >= 15 is 0 Å². The maximum atomic E-state index is 5.98. The number of nitrogens with zero attached hydrogens (tertiary/aromatic N) is 2. The van der Waals surface area contributed by atoms with Gasteiger partial charge in [0.15, 0.2) is 0 Å². The molecule has 1 saturated heterocycles. The van der Waals surface area contributed by atoms with Crippen LogP contribution in [0, 0.1) is 19.8 Å². The normalized spacial score (nSPS) is 22.8. The second-order valence-corrected chi connectivity index (χ2v) is 5.96. The van der Waals surface area contributed by atoms with Crippen LogP contribution in [0.5, 0.6) is 0 Å². The van der Waals surface area contributed by atoms with E-state index in [9.17, 15) is 0 Å². The van der Waals surface area contributed by atoms with Crippen molar-refractivity contribution in [1.29, 1.82) is 0 Å². The maximum absolute atomic E-state index is 5.98. The Morgan fingerprint density at radius 2 is 2.00 bits per heavy atom. The van der Waals surface area contributed by atoms with Gasteiger partial charge in [0.25, 0.3) is 0 Å². The van der Waals surface area contributed by atoms with Gasteiger partial charge in [0.2, 0.25) is 5.89 Å². The average molecular weight is 285 g/mol. The number of nitrogens with two attached hydrogens (primary N) is 1. The van der Waals surface area contributed by atoms with Crippen LogP contribution >= 0.6 is 0 Å². The van der Waals surface area contributed by atoms with E-state index in [1.54, 1.807) is 0 Å². The summed E-state index contributed by atoms with van der Waals surface area (Å²) in [7, 11) is 0. The average Bonchev–Trinajstić information content (AvgIpc) is 3.04. The number of hydrogen-bond donors (Lipinski definition) is 1. The summed E-state index contributed by atoms with van der Waals surface area (Å²) in [6.45, 7) is 7.48. The molecule has 1 aliphatic heterocycles. The lowest BCUT2D eigenvalue weighted by Gasteiger charge is -2.16. The van der Waals surface area contributed by atoms with E-state index in [4.69, 9.17) is 10.2 Å². The fraction of sp³-hybridized carbons (Fsp3) is 0.471. The second kappa shape index (κ2) is 6.00. The maximum Gasteiger partial charge on any atom is 0.208 e. The fourth-order valence-corrected chi connectivity index (χ4v) is 3.20. The molecule has 1 aromatic heterocycles. The van der Waals surface area contributed by atoms with Crippen molar-refractivity contribution in [3.8, 4) is 0 Å². The van der Waals surface area contributed by atoms with Crippen molar-refractivity contribution < 1.29 is 4.42 Å². The van der Waals surface area contributed by atoms with Crippen LogP contribution in [0.1, 0.15) is 28.8 Å². The molecule has 1 fully saturated rings. The van der Waals surface area contributed by atoms with Crippen LogP contribution in [0.25, 0.3) is 0 Å². The van der Waals surface area contributed by atoms with Gasteiger partial charge in [-0.25, -0.2) is 4.98 Å². The summed E-state index contributed by atoms with van der Waals surface area (Å²) in [5, 5.41) is 0. The van der Waals surface area contributed by atoms with E-state index in [1.165, 1.54) is 5.56 Å². The zero-order chi connectivity index (χ0) is 14.8. The lowest BCUT2D eigenvalue weighted by molar-refractivity contribution is 0.277. The predicted molar refractivity (Wildman–Crippen MR) is 83.0 cm³/mol. The van der Waals surface area contributed by atoms with Gasteiger partial charge in [-0.2, -0.15) is 0 Å². The number of oxazole rings is 1. The lowest BCUT2D eigenvalue weighted by atomic mass is 9.89. The number of aryl methyl sites for hydroxylation is 2. The van der Waals surface area contributed by atoms with E-state index in [0.717, 1.165) is 43.5 Å². The first-order valence-corrected chi connectivity index (χ1v) is 7.57. The molecule has 4 heteroatoms. The van der Waals surface area contributed by atoms with Gasteiger partial charge in [-0.1, -0.05) is 30.3 Å². The van der Waals surface area contributed by atoms with Crippen LogP contribution < -0.4 is 5.73 Å². The molecule has 1 aromatic carbocycles. The number of benzene rings is 1. The third-order valence-corrected chi connectivity index (χ3v) is 4.48. The molecule has 0 radical (unpaired) electrons. The van der Waals surface area contributed by atoms with Crippen molar-refractivity contribution in [2.75, 3.05) is 19.6 Å². The topological polar surface area (TPSA) is 55.3 Å². The molecule has 0 amide bonds. The van der Waals surface area contributed by atoms with Crippen molar-refractivity contribution in [2.45, 2.75) is 26.3 Å². The number of likely N-dealkylation sites (tertiary alicyclic amines) is 1. The van der Waals surface area contributed by atoms with Crippen LogP contribution in [0.3, 0.4) is 0 Å². The zero-order valence-electron chi connectivity index (χ0n) is 12.7. The molecule has 112 valence electrons. The molecule has 0 spiro atoms. The van der Waals surface area contributed by atoms with E-state index in [-0.39, 0.29) is 0 Å². The quantitative estimate of drug-likeness (QED) is 0.937. The summed E-state index contributed by atoms with van der Waals surface area (Å²) >= 11 is 0. The van der Waals surface area contributed by atoms with E-state index in [2.05, 4.69) is 40.2 Å². The van der Waals surface area contributed by atoms with Crippen molar-refractivity contribution >= 4 is 0 Å². The number of hydrogen-bond acceptors (Lipinski definition) is 4. The molecular formula is C17H23N3O. The van der Waals surface area contributed by atoms with Crippen molar-refractivity contribution in [3.63, 3.8) is 0 Å². The van der Waals surface area contributed by atoms with Gasteiger partial charge < -0.3 is 10.2 Å². The van der Waals surface area contributed by atoms with Gasteiger partial charge in [-0.15, -0.1) is 0 Å². The third kappa shape index (κ3) is 3.01. The van der Waals surface area contributed by atoms with Crippen molar-refractivity contribution in [3.05, 3.63) is 53.2 Å². The highest BCUT2D eigenvalue weighted by Crippen LogP contribution is 2.32. The molecule has 0 aliphatic carbocycles. The summed E-state index contributed by atoms with van der Waals surface area (Å²) in [5.74, 6) is 2.74. The van der Waals surface area contributed by atoms with E-state index in [1.807, 2.05) is 13.8 Å². The molecule has 0 saturated carbocycles. The van der Waals surface area contributed by atoms with Crippen LogP contribution in [0.2, 0.25) is 0 Å². The van der Waals surface area contributed by atoms with Gasteiger partial charge in [0.05, 0.1) is 12.2 Å². The molecule has 1 aliphatic rings. The first-order chi connectivity index (χ1) is 10.2. The van der Waals surface area contributed by atoms with E-state index in [0.29, 0.717) is 11.8 Å². The number of rotatable bonds is 4. The minimum atomic E-state index is 0.504. The van der Waals surface area contributed by atoms with Gasteiger partial charge in [-0.3, -0.25) is 4.90 Å². The first-order valence-electron chi connectivity index (χ1n) is 7.57. The SMILES string of the molecule is Cc1nc(CN2C[C@@H](CN)[C@H](c3ccccc3)C2)oc1C. The van der Waals surface area contributed by atoms with Crippen LogP contribution in [0.4, 0.5) is 0 Å². The monoisotopic (exact) mass is 285 g/mol. The Kier molecular flexibility index (Phi) is 4.08. The Morgan fingerprint density at radius 1 is 1.24 bits per heavy atom. The predicted octanol–water partition coefficient (Wildman–Crippen LogP) is 2.47. The van der Waals surface area contributed by atoms with Crippen molar-refractivity contribution in [1.82, 2.24) is 9.88 Å². The Morgan fingerprint density at radius 3 is 2.62 bits per heavy atom. The highest BCUT2D eigenvalue weighted by molar-refractivity contribution is 5.22. The molecule has 4 nitrogen and oxygen atoms in total. The smallest absolute Gasteiger partial charge is 0.208 e. The van der Waals surface area contributed by atoms with Gasteiger partial charge >= 0.3 is 0 Å². The highest BCUT2D eigenvalue weighted by Gasteiger charge is 2.33. The summed E-state index contributed by atoms with van der Waals surface area (Å²) in [6.07, 6.45) is 0. The van der Waals surface area contributed by atoms with Gasteiger partial charge in [0.1, 0.15) is 5.76 Å². The standard InChI is InChI=1S/C17H23N3O/c1-12-13(2)21-17(19-12)11-20-9-15(8-18)16(10-20)14-6-4-3-5-7-14/h3-7,15-16H,8-11,18H2,1-2H3/t15-,16+/m1/s1. The van der Waals surface area contributed by atoms with Crippen LogP contribution in [-0.4, -0.2) is 29.5 Å². The summed E-state index contributed by atoms with van der Waals surface area (Å²) in [4.78, 5) is 6.89. The van der Waals surface area contributed by atoms with Crippen LogP contribution in [-0.2, 0) is 6.54 Å². The molecule has 2 N–H and O–H groups in total. The zero-order valence-corrected chi connectivity index (χ0v) is 12.7. The fourth-order valence-electron chi connectivity index (χ4n) is 3.20. The van der Waals surface area contributed by atoms with Gasteiger partial charge in [0, 0.05) is 19.0 Å². The van der Waals surface area contributed by atoms with Crippen LogP contribution in [0.15, 0.2) is 34.7 Å². The molecule has 2 aromatic rings. The molecule has 3 rings (SSSR count). The molecule has 0 unspecified atom stereocenters.